The van der Waals surface area contributed by atoms with Crippen molar-refractivity contribution < 1.29 is 13.7 Å². The summed E-state index contributed by atoms with van der Waals surface area (Å²) in [6.07, 6.45) is 1.23. The van der Waals surface area contributed by atoms with Gasteiger partial charge in [-0.1, -0.05) is 29.3 Å². The Bertz CT molecular complexity index is 413. The topological polar surface area (TPSA) is 35.5 Å². The average molecular weight is 309 g/mol. The molecule has 0 amide bonds. The van der Waals surface area contributed by atoms with Crippen LogP contribution >= 0.6 is 23.2 Å². The number of rotatable bonds is 4. The Hall–Kier alpha value is -0.130. The van der Waals surface area contributed by atoms with Gasteiger partial charge in [-0.25, -0.2) is 0 Å². The number of halogens is 2. The summed E-state index contributed by atoms with van der Waals surface area (Å²) in [4.78, 5) is 0.497. The van der Waals surface area contributed by atoms with Crippen LogP contribution < -0.4 is 0 Å². The normalized spacial score (nSPS) is 18.8. The summed E-state index contributed by atoms with van der Waals surface area (Å²) < 4.78 is 23.0. The summed E-state index contributed by atoms with van der Waals surface area (Å²) >= 11 is 12.0. The lowest BCUT2D eigenvalue weighted by Gasteiger charge is -2.22. The quantitative estimate of drug-likeness (QED) is 0.856. The lowest BCUT2D eigenvalue weighted by atomic mass is 10.4. The lowest BCUT2D eigenvalue weighted by molar-refractivity contribution is -0.178. The highest BCUT2D eigenvalue weighted by atomic mass is 35.5. The fraction of sp³-hybridized carbons (Fsp3) is 0.500. The van der Waals surface area contributed by atoms with Crippen molar-refractivity contribution in [1.29, 1.82) is 0 Å². The highest BCUT2D eigenvalue weighted by Crippen LogP contribution is 2.28. The molecule has 18 heavy (non-hydrogen) atoms. The van der Waals surface area contributed by atoms with Crippen LogP contribution in [0.4, 0.5) is 0 Å². The van der Waals surface area contributed by atoms with Crippen LogP contribution in [-0.2, 0) is 20.3 Å². The Morgan fingerprint density at radius 3 is 2.44 bits per heavy atom. The minimum absolute atomic E-state index is 0.260. The molecular weight excluding hydrogens is 295 g/mol. The van der Waals surface area contributed by atoms with Gasteiger partial charge in [-0.3, -0.25) is 4.21 Å². The molecule has 1 atom stereocenters. The molecule has 100 valence electrons. The van der Waals surface area contributed by atoms with E-state index in [1.54, 1.807) is 18.2 Å². The van der Waals surface area contributed by atoms with E-state index in [1.165, 1.54) is 0 Å². The van der Waals surface area contributed by atoms with Crippen molar-refractivity contribution in [1.82, 2.24) is 0 Å². The summed E-state index contributed by atoms with van der Waals surface area (Å²) in [6.45, 7) is 1.40. The molecule has 1 aromatic carbocycles. The van der Waals surface area contributed by atoms with Crippen molar-refractivity contribution in [3.05, 3.63) is 28.2 Å². The molecule has 0 aromatic heterocycles. The minimum Gasteiger partial charge on any atom is -0.353 e. The van der Waals surface area contributed by atoms with Crippen LogP contribution in [0, 0.1) is 0 Å². The van der Waals surface area contributed by atoms with Gasteiger partial charge in [0.1, 0.15) is 0 Å². The molecule has 0 radical (unpaired) electrons. The number of hydrogen-bond acceptors (Lipinski definition) is 3. The first-order valence-corrected chi connectivity index (χ1v) is 7.81. The summed E-state index contributed by atoms with van der Waals surface area (Å²) in [5, 5.41) is 0.873. The van der Waals surface area contributed by atoms with Crippen LogP contribution in [0.3, 0.4) is 0 Å². The summed E-state index contributed by atoms with van der Waals surface area (Å²) in [6, 6.07) is 5.11. The first-order chi connectivity index (χ1) is 8.68. The zero-order chi connectivity index (χ0) is 13.0. The van der Waals surface area contributed by atoms with E-state index in [0.717, 1.165) is 6.42 Å². The number of ether oxygens (including phenoxy) is 2. The van der Waals surface area contributed by atoms with E-state index in [4.69, 9.17) is 32.7 Å². The third kappa shape index (κ3) is 3.68. The van der Waals surface area contributed by atoms with E-state index < -0.39 is 10.8 Å². The predicted octanol–water partition coefficient (Wildman–Crippen LogP) is 3.25. The SMILES string of the molecule is O=S(CCC1OCCCO1)c1c(Cl)cccc1Cl. The van der Waals surface area contributed by atoms with Gasteiger partial charge in [0.2, 0.25) is 0 Å². The molecule has 3 nitrogen and oxygen atoms in total. The molecular formula is C12H14Cl2O3S. The molecule has 0 spiro atoms. The van der Waals surface area contributed by atoms with Gasteiger partial charge in [0.15, 0.2) is 6.29 Å². The maximum absolute atomic E-state index is 12.2. The Labute approximate surface area is 119 Å². The molecule has 0 saturated carbocycles. The maximum atomic E-state index is 12.2. The second kappa shape index (κ2) is 6.87. The fourth-order valence-electron chi connectivity index (χ4n) is 1.71. The van der Waals surface area contributed by atoms with Gasteiger partial charge >= 0.3 is 0 Å². The van der Waals surface area contributed by atoms with E-state index in [-0.39, 0.29) is 6.29 Å². The third-order valence-electron chi connectivity index (χ3n) is 2.58. The number of hydrogen-bond donors (Lipinski definition) is 0. The van der Waals surface area contributed by atoms with Crippen molar-refractivity contribution in [3.8, 4) is 0 Å². The Morgan fingerprint density at radius 1 is 1.22 bits per heavy atom. The van der Waals surface area contributed by atoms with E-state index in [2.05, 4.69) is 0 Å². The molecule has 1 aliphatic heterocycles. The van der Waals surface area contributed by atoms with E-state index in [9.17, 15) is 4.21 Å². The van der Waals surface area contributed by atoms with Crippen LogP contribution in [0.1, 0.15) is 12.8 Å². The van der Waals surface area contributed by atoms with Crippen molar-refractivity contribution in [3.63, 3.8) is 0 Å². The van der Waals surface area contributed by atoms with Crippen LogP contribution in [0.25, 0.3) is 0 Å². The van der Waals surface area contributed by atoms with E-state index in [0.29, 0.717) is 40.3 Å². The third-order valence-corrected chi connectivity index (χ3v) is 4.94. The van der Waals surface area contributed by atoms with E-state index in [1.807, 2.05) is 0 Å². The molecule has 1 saturated heterocycles. The largest absolute Gasteiger partial charge is 0.353 e. The second-order valence-corrected chi connectivity index (χ2v) is 6.24. The molecule has 2 rings (SSSR count). The minimum atomic E-state index is -1.23. The zero-order valence-corrected chi connectivity index (χ0v) is 12.1. The zero-order valence-electron chi connectivity index (χ0n) is 9.73. The highest BCUT2D eigenvalue weighted by molar-refractivity contribution is 7.85. The first kappa shape index (κ1) is 14.3. The van der Waals surface area contributed by atoms with Gasteiger partial charge in [-0.15, -0.1) is 0 Å². The molecule has 0 aliphatic carbocycles. The molecule has 1 heterocycles. The first-order valence-electron chi connectivity index (χ1n) is 5.74. The number of benzene rings is 1. The summed E-state index contributed by atoms with van der Waals surface area (Å²) in [7, 11) is -1.23. The van der Waals surface area contributed by atoms with Crippen LogP contribution in [0.2, 0.25) is 10.0 Å². The van der Waals surface area contributed by atoms with Gasteiger partial charge < -0.3 is 9.47 Å². The fourth-order valence-corrected chi connectivity index (χ4v) is 3.80. The van der Waals surface area contributed by atoms with Crippen molar-refractivity contribution in [2.45, 2.75) is 24.0 Å². The molecule has 1 fully saturated rings. The Kier molecular flexibility index (Phi) is 5.45. The van der Waals surface area contributed by atoms with Crippen LogP contribution in [-0.4, -0.2) is 29.5 Å². The summed E-state index contributed by atoms with van der Waals surface area (Å²) in [5.74, 6) is 0.425. The molecule has 6 heteroatoms. The monoisotopic (exact) mass is 308 g/mol. The van der Waals surface area contributed by atoms with Gasteiger partial charge in [0.25, 0.3) is 0 Å². The van der Waals surface area contributed by atoms with Gasteiger partial charge in [0, 0.05) is 12.2 Å². The van der Waals surface area contributed by atoms with Crippen molar-refractivity contribution in [2.75, 3.05) is 19.0 Å². The van der Waals surface area contributed by atoms with E-state index >= 15 is 0 Å². The van der Waals surface area contributed by atoms with Gasteiger partial charge in [-0.05, 0) is 18.6 Å². The van der Waals surface area contributed by atoms with Crippen molar-refractivity contribution in [2.24, 2.45) is 0 Å². The smallest absolute Gasteiger partial charge is 0.158 e. The molecule has 0 N–H and O–H groups in total. The van der Waals surface area contributed by atoms with Gasteiger partial charge in [0.05, 0.1) is 39.0 Å². The van der Waals surface area contributed by atoms with Gasteiger partial charge in [-0.2, -0.15) is 0 Å². The Morgan fingerprint density at radius 2 is 1.83 bits per heavy atom. The van der Waals surface area contributed by atoms with Crippen LogP contribution in [0.15, 0.2) is 23.1 Å². The molecule has 1 unspecified atom stereocenters. The molecule has 1 aliphatic rings. The predicted molar refractivity (Wildman–Crippen MR) is 72.7 cm³/mol. The molecule has 0 bridgehead atoms. The lowest BCUT2D eigenvalue weighted by Crippen LogP contribution is -2.26. The average Bonchev–Trinajstić information content (AvgIpc) is 2.37. The molecule has 1 aromatic rings. The van der Waals surface area contributed by atoms with Crippen LogP contribution in [0.5, 0.6) is 0 Å². The standard InChI is InChI=1S/C12H14Cl2O3S/c13-9-3-1-4-10(14)12(9)18(15)8-5-11-16-6-2-7-17-11/h1,3-4,11H,2,5-8H2. The maximum Gasteiger partial charge on any atom is 0.158 e. The summed E-state index contributed by atoms with van der Waals surface area (Å²) in [5.41, 5.74) is 0. The second-order valence-electron chi connectivity index (χ2n) is 3.91. The van der Waals surface area contributed by atoms with Crippen molar-refractivity contribution >= 4 is 34.0 Å². The Balaban J connectivity index is 1.95. The highest BCUT2D eigenvalue weighted by Gasteiger charge is 2.18.